The van der Waals surface area contributed by atoms with Crippen molar-refractivity contribution in [2.75, 3.05) is 13.7 Å². The van der Waals surface area contributed by atoms with Gasteiger partial charge < -0.3 is 9.30 Å². The SMILES string of the molecule is COc1ccc2c(c1)CCc1cc3n(c1-2)CCN=C3C. The maximum atomic E-state index is 5.35. The van der Waals surface area contributed by atoms with Crippen molar-refractivity contribution in [1.82, 2.24) is 4.57 Å². The molecule has 1 aliphatic heterocycles. The van der Waals surface area contributed by atoms with Gasteiger partial charge in [-0.2, -0.15) is 0 Å². The van der Waals surface area contributed by atoms with E-state index in [0.717, 1.165) is 31.7 Å². The van der Waals surface area contributed by atoms with Crippen LogP contribution in [0.4, 0.5) is 0 Å². The second kappa shape index (κ2) is 4.23. The Morgan fingerprint density at radius 2 is 2.00 bits per heavy atom. The van der Waals surface area contributed by atoms with E-state index < -0.39 is 0 Å². The molecule has 0 spiro atoms. The fraction of sp³-hybridized carbons (Fsp3) is 0.353. The number of nitrogens with zero attached hydrogens (tertiary/aromatic N) is 2. The summed E-state index contributed by atoms with van der Waals surface area (Å²) in [4.78, 5) is 4.57. The molecule has 2 heterocycles. The van der Waals surface area contributed by atoms with Crippen molar-refractivity contribution in [1.29, 1.82) is 0 Å². The Hall–Kier alpha value is -2.03. The summed E-state index contributed by atoms with van der Waals surface area (Å²) in [6, 6.07) is 8.79. The normalized spacial score (nSPS) is 16.0. The highest BCUT2D eigenvalue weighted by atomic mass is 16.5. The van der Waals surface area contributed by atoms with Crippen molar-refractivity contribution >= 4 is 5.71 Å². The molecule has 0 unspecified atom stereocenters. The van der Waals surface area contributed by atoms with Gasteiger partial charge in [-0.15, -0.1) is 0 Å². The number of methoxy groups -OCH3 is 1. The molecule has 102 valence electrons. The van der Waals surface area contributed by atoms with Gasteiger partial charge in [-0.1, -0.05) is 0 Å². The zero-order chi connectivity index (χ0) is 13.7. The lowest BCUT2D eigenvalue weighted by Gasteiger charge is -2.22. The van der Waals surface area contributed by atoms with Crippen LogP contribution < -0.4 is 4.74 Å². The molecular formula is C17H18N2O. The molecule has 0 atom stereocenters. The summed E-state index contributed by atoms with van der Waals surface area (Å²) < 4.78 is 7.80. The molecule has 1 aromatic heterocycles. The molecule has 2 aliphatic rings. The summed E-state index contributed by atoms with van der Waals surface area (Å²) in [5, 5.41) is 0. The van der Waals surface area contributed by atoms with E-state index in [1.165, 1.54) is 33.8 Å². The van der Waals surface area contributed by atoms with E-state index in [4.69, 9.17) is 4.74 Å². The minimum Gasteiger partial charge on any atom is -0.497 e. The summed E-state index contributed by atoms with van der Waals surface area (Å²) >= 11 is 0. The van der Waals surface area contributed by atoms with Crippen LogP contribution in [0.15, 0.2) is 29.3 Å². The molecule has 0 saturated heterocycles. The van der Waals surface area contributed by atoms with E-state index in [2.05, 4.69) is 40.7 Å². The molecule has 1 aromatic carbocycles. The number of benzene rings is 1. The van der Waals surface area contributed by atoms with Gasteiger partial charge in [0.15, 0.2) is 0 Å². The highest BCUT2D eigenvalue weighted by Gasteiger charge is 2.25. The van der Waals surface area contributed by atoms with Gasteiger partial charge in [-0.05, 0) is 55.2 Å². The third kappa shape index (κ3) is 1.56. The molecule has 0 bridgehead atoms. The molecular weight excluding hydrogens is 248 g/mol. The Balaban J connectivity index is 1.94. The van der Waals surface area contributed by atoms with Crippen LogP contribution in [0.5, 0.6) is 5.75 Å². The topological polar surface area (TPSA) is 26.5 Å². The molecule has 0 N–H and O–H groups in total. The standard InChI is InChI=1S/C17H18N2O/c1-11-16-10-13-4-3-12-9-14(20-2)5-6-15(12)17(13)19(16)8-7-18-11/h5-6,9-10H,3-4,7-8H2,1-2H3. The van der Waals surface area contributed by atoms with Crippen LogP contribution in [-0.2, 0) is 19.4 Å². The van der Waals surface area contributed by atoms with E-state index in [9.17, 15) is 0 Å². The Labute approximate surface area is 118 Å². The van der Waals surface area contributed by atoms with Gasteiger partial charge in [0.1, 0.15) is 5.75 Å². The molecule has 4 rings (SSSR count). The van der Waals surface area contributed by atoms with Gasteiger partial charge in [0.05, 0.1) is 30.8 Å². The number of hydrogen-bond donors (Lipinski definition) is 0. The number of rotatable bonds is 1. The van der Waals surface area contributed by atoms with Crippen molar-refractivity contribution in [3.63, 3.8) is 0 Å². The van der Waals surface area contributed by atoms with E-state index in [0.29, 0.717) is 0 Å². The fourth-order valence-corrected chi connectivity index (χ4v) is 3.45. The predicted molar refractivity (Wildman–Crippen MR) is 80.9 cm³/mol. The Morgan fingerprint density at radius 1 is 1.15 bits per heavy atom. The van der Waals surface area contributed by atoms with Crippen LogP contribution >= 0.6 is 0 Å². The monoisotopic (exact) mass is 266 g/mol. The second-order valence-electron chi connectivity index (χ2n) is 5.55. The molecule has 0 amide bonds. The van der Waals surface area contributed by atoms with Gasteiger partial charge in [0.2, 0.25) is 0 Å². The fourth-order valence-electron chi connectivity index (χ4n) is 3.45. The summed E-state index contributed by atoms with van der Waals surface area (Å²) in [7, 11) is 1.73. The molecule has 20 heavy (non-hydrogen) atoms. The highest BCUT2D eigenvalue weighted by molar-refractivity contribution is 5.99. The zero-order valence-corrected chi connectivity index (χ0v) is 11.9. The third-order valence-corrected chi connectivity index (χ3v) is 4.45. The summed E-state index contributed by atoms with van der Waals surface area (Å²) in [6.45, 7) is 4.00. The van der Waals surface area contributed by atoms with Crippen LogP contribution in [0.3, 0.4) is 0 Å². The van der Waals surface area contributed by atoms with E-state index in [1.54, 1.807) is 7.11 Å². The van der Waals surface area contributed by atoms with E-state index in [1.807, 2.05) is 0 Å². The second-order valence-corrected chi connectivity index (χ2v) is 5.55. The average molecular weight is 266 g/mol. The lowest BCUT2D eigenvalue weighted by Crippen LogP contribution is -2.17. The van der Waals surface area contributed by atoms with Crippen molar-refractivity contribution in [2.24, 2.45) is 4.99 Å². The number of hydrogen-bond acceptors (Lipinski definition) is 2. The van der Waals surface area contributed by atoms with Crippen LogP contribution in [-0.4, -0.2) is 23.9 Å². The van der Waals surface area contributed by atoms with Gasteiger partial charge >= 0.3 is 0 Å². The van der Waals surface area contributed by atoms with Crippen molar-refractivity contribution < 1.29 is 4.74 Å². The molecule has 3 nitrogen and oxygen atoms in total. The zero-order valence-electron chi connectivity index (χ0n) is 11.9. The van der Waals surface area contributed by atoms with E-state index in [-0.39, 0.29) is 0 Å². The molecule has 3 heteroatoms. The van der Waals surface area contributed by atoms with Gasteiger partial charge in [-0.25, -0.2) is 0 Å². The van der Waals surface area contributed by atoms with Crippen LogP contribution in [0.1, 0.15) is 23.7 Å². The van der Waals surface area contributed by atoms with Crippen molar-refractivity contribution in [3.05, 3.63) is 41.1 Å². The first-order valence-corrected chi connectivity index (χ1v) is 7.19. The van der Waals surface area contributed by atoms with Crippen molar-refractivity contribution in [3.8, 4) is 17.0 Å². The van der Waals surface area contributed by atoms with Crippen LogP contribution in [0, 0.1) is 0 Å². The molecule has 0 radical (unpaired) electrons. The Kier molecular flexibility index (Phi) is 2.49. The molecule has 0 fully saturated rings. The molecule has 1 aliphatic carbocycles. The number of aryl methyl sites for hydroxylation is 2. The lowest BCUT2D eigenvalue weighted by atomic mass is 9.90. The molecule has 2 aromatic rings. The maximum Gasteiger partial charge on any atom is 0.119 e. The van der Waals surface area contributed by atoms with Gasteiger partial charge in [0, 0.05) is 12.1 Å². The highest BCUT2D eigenvalue weighted by Crippen LogP contribution is 2.38. The first kappa shape index (κ1) is 11.8. The van der Waals surface area contributed by atoms with Gasteiger partial charge in [-0.3, -0.25) is 4.99 Å². The summed E-state index contributed by atoms with van der Waals surface area (Å²) in [5.41, 5.74) is 8.10. The summed E-state index contributed by atoms with van der Waals surface area (Å²) in [5.74, 6) is 0.954. The number of aliphatic imine (C=N–C) groups is 1. The number of fused-ring (bicyclic) bond motifs is 5. The Bertz CT molecular complexity index is 725. The van der Waals surface area contributed by atoms with E-state index >= 15 is 0 Å². The largest absolute Gasteiger partial charge is 0.497 e. The quantitative estimate of drug-likeness (QED) is 0.779. The predicted octanol–water partition coefficient (Wildman–Crippen LogP) is 3.08. The smallest absolute Gasteiger partial charge is 0.119 e. The minimum atomic E-state index is 0.894. The number of ether oxygens (including phenoxy) is 1. The lowest BCUT2D eigenvalue weighted by molar-refractivity contribution is 0.414. The number of aromatic nitrogens is 1. The first-order valence-electron chi connectivity index (χ1n) is 7.19. The van der Waals surface area contributed by atoms with Crippen LogP contribution in [0.25, 0.3) is 11.3 Å². The minimum absolute atomic E-state index is 0.894. The average Bonchev–Trinajstić information content (AvgIpc) is 2.87. The first-order chi connectivity index (χ1) is 9.78. The van der Waals surface area contributed by atoms with Crippen molar-refractivity contribution in [2.45, 2.75) is 26.3 Å². The molecule has 0 saturated carbocycles. The van der Waals surface area contributed by atoms with Gasteiger partial charge in [0.25, 0.3) is 0 Å². The maximum absolute atomic E-state index is 5.35. The third-order valence-electron chi connectivity index (χ3n) is 4.45. The summed E-state index contributed by atoms with van der Waals surface area (Å²) in [6.07, 6.45) is 2.21. The Morgan fingerprint density at radius 3 is 2.85 bits per heavy atom. The van der Waals surface area contributed by atoms with Crippen LogP contribution in [0.2, 0.25) is 0 Å².